The van der Waals surface area contributed by atoms with E-state index in [-0.39, 0.29) is 11.9 Å². The van der Waals surface area contributed by atoms with Crippen LogP contribution in [0.2, 0.25) is 5.02 Å². The fourth-order valence-corrected chi connectivity index (χ4v) is 2.57. The molecule has 0 radical (unpaired) electrons. The van der Waals surface area contributed by atoms with Crippen molar-refractivity contribution < 1.29 is 19.0 Å². The summed E-state index contributed by atoms with van der Waals surface area (Å²) in [4.78, 5) is 14.5. The molecule has 1 unspecified atom stereocenters. The minimum atomic E-state index is -0.350. The quantitative estimate of drug-likeness (QED) is 0.705. The predicted octanol–water partition coefficient (Wildman–Crippen LogP) is 3.70. The summed E-state index contributed by atoms with van der Waals surface area (Å²) in [5.74, 6) is 1.72. The molecule has 0 aliphatic rings. The molecule has 0 saturated heterocycles. The number of methoxy groups -OCH3 is 2. The maximum Gasteiger partial charge on any atom is 0.241 e. The number of carbonyl (C=O) groups excluding carboxylic acids is 1. The largest absolute Gasteiger partial charge is 0.497 e. The van der Waals surface area contributed by atoms with E-state index in [4.69, 9.17) is 25.8 Å². The van der Waals surface area contributed by atoms with Crippen LogP contribution in [0.15, 0.2) is 42.5 Å². The van der Waals surface area contributed by atoms with Crippen LogP contribution in [-0.4, -0.2) is 51.3 Å². The SMILES string of the molecule is COc1cc(NC(=O)C(C)N(C)CCOc2ccccc2Cl)cc(OC)c1. The summed E-state index contributed by atoms with van der Waals surface area (Å²) in [6.07, 6.45) is 0. The highest BCUT2D eigenvalue weighted by Crippen LogP contribution is 2.26. The highest BCUT2D eigenvalue weighted by molar-refractivity contribution is 6.32. The third kappa shape index (κ3) is 6.05. The number of halogens is 1. The molecule has 0 bridgehead atoms. The molecule has 27 heavy (non-hydrogen) atoms. The molecule has 0 spiro atoms. The van der Waals surface area contributed by atoms with E-state index in [2.05, 4.69) is 5.32 Å². The van der Waals surface area contributed by atoms with Gasteiger partial charge in [0.2, 0.25) is 5.91 Å². The van der Waals surface area contributed by atoms with E-state index in [0.717, 1.165) is 0 Å². The van der Waals surface area contributed by atoms with Crippen LogP contribution >= 0.6 is 11.6 Å². The molecule has 1 N–H and O–H groups in total. The zero-order valence-corrected chi connectivity index (χ0v) is 16.7. The molecular formula is C20H25ClN2O4. The highest BCUT2D eigenvalue weighted by atomic mass is 35.5. The highest BCUT2D eigenvalue weighted by Gasteiger charge is 2.18. The Balaban J connectivity index is 1.89. The third-order valence-corrected chi connectivity index (χ3v) is 4.51. The summed E-state index contributed by atoms with van der Waals surface area (Å²) in [5.41, 5.74) is 0.615. The Labute approximate surface area is 165 Å². The van der Waals surface area contributed by atoms with Gasteiger partial charge in [0.05, 0.1) is 25.3 Å². The van der Waals surface area contributed by atoms with Crippen LogP contribution in [0.25, 0.3) is 0 Å². The van der Waals surface area contributed by atoms with Gasteiger partial charge in [-0.05, 0) is 26.1 Å². The first kappa shape index (κ1) is 20.9. The summed E-state index contributed by atoms with van der Waals surface area (Å²) in [7, 11) is 5.00. The van der Waals surface area contributed by atoms with E-state index in [9.17, 15) is 4.79 Å². The van der Waals surface area contributed by atoms with Crippen LogP contribution in [0.3, 0.4) is 0 Å². The first-order valence-electron chi connectivity index (χ1n) is 8.56. The standard InChI is InChI=1S/C20H25ClN2O4/c1-14(23(2)9-10-27-19-8-6-5-7-18(19)21)20(24)22-15-11-16(25-3)13-17(12-15)26-4/h5-8,11-14H,9-10H2,1-4H3,(H,22,24). The van der Waals surface area contributed by atoms with Crippen LogP contribution in [0, 0.1) is 0 Å². The molecule has 1 amide bonds. The molecule has 0 aliphatic heterocycles. The van der Waals surface area contributed by atoms with E-state index in [0.29, 0.717) is 41.1 Å². The molecule has 2 aromatic rings. The van der Waals surface area contributed by atoms with E-state index < -0.39 is 0 Å². The Kier molecular flexibility index (Phi) is 7.76. The number of benzene rings is 2. The lowest BCUT2D eigenvalue weighted by atomic mass is 10.2. The Morgan fingerprint density at radius 3 is 2.37 bits per heavy atom. The molecule has 0 heterocycles. The second-order valence-corrected chi connectivity index (χ2v) is 6.43. The molecule has 7 heteroatoms. The molecule has 1 atom stereocenters. The van der Waals surface area contributed by atoms with E-state index in [1.165, 1.54) is 0 Å². The van der Waals surface area contributed by atoms with Crippen LogP contribution < -0.4 is 19.5 Å². The van der Waals surface area contributed by atoms with Gasteiger partial charge in [0.15, 0.2) is 0 Å². The fraction of sp³-hybridized carbons (Fsp3) is 0.350. The normalized spacial score (nSPS) is 11.8. The minimum Gasteiger partial charge on any atom is -0.497 e. The van der Waals surface area contributed by atoms with Crippen molar-refractivity contribution in [1.29, 1.82) is 0 Å². The summed E-state index contributed by atoms with van der Waals surface area (Å²) < 4.78 is 16.1. The van der Waals surface area contributed by atoms with Gasteiger partial charge in [-0.1, -0.05) is 23.7 Å². The van der Waals surface area contributed by atoms with E-state index in [1.54, 1.807) is 38.5 Å². The number of carbonyl (C=O) groups is 1. The molecule has 0 aromatic heterocycles. The van der Waals surface area contributed by atoms with Gasteiger partial charge in [-0.3, -0.25) is 9.69 Å². The van der Waals surface area contributed by atoms with Gasteiger partial charge >= 0.3 is 0 Å². The smallest absolute Gasteiger partial charge is 0.241 e. The number of amides is 1. The van der Waals surface area contributed by atoms with Crippen molar-refractivity contribution in [1.82, 2.24) is 4.90 Å². The van der Waals surface area contributed by atoms with Gasteiger partial charge in [-0.25, -0.2) is 0 Å². The van der Waals surface area contributed by atoms with Crippen LogP contribution in [0.5, 0.6) is 17.2 Å². The lowest BCUT2D eigenvalue weighted by molar-refractivity contribution is -0.120. The van der Waals surface area contributed by atoms with Crippen molar-refractivity contribution in [3.8, 4) is 17.2 Å². The maximum atomic E-state index is 12.5. The number of hydrogen-bond acceptors (Lipinski definition) is 5. The molecule has 6 nitrogen and oxygen atoms in total. The van der Waals surface area contributed by atoms with Crippen LogP contribution in [-0.2, 0) is 4.79 Å². The first-order valence-corrected chi connectivity index (χ1v) is 8.94. The van der Waals surface area contributed by atoms with Gasteiger partial charge in [0.1, 0.15) is 23.9 Å². The summed E-state index contributed by atoms with van der Waals surface area (Å²) in [6, 6.07) is 12.2. The molecule has 0 saturated carbocycles. The van der Waals surface area contributed by atoms with Gasteiger partial charge in [-0.15, -0.1) is 0 Å². The summed E-state index contributed by atoms with van der Waals surface area (Å²) >= 11 is 6.07. The second-order valence-electron chi connectivity index (χ2n) is 6.03. The number of rotatable bonds is 9. The predicted molar refractivity (Wildman–Crippen MR) is 107 cm³/mol. The van der Waals surface area contributed by atoms with Crippen molar-refractivity contribution in [3.63, 3.8) is 0 Å². The Bertz CT molecular complexity index is 747. The van der Waals surface area contributed by atoms with Crippen LogP contribution in [0.4, 0.5) is 5.69 Å². The third-order valence-electron chi connectivity index (χ3n) is 4.20. The number of nitrogens with one attached hydrogen (secondary N) is 1. The number of hydrogen-bond donors (Lipinski definition) is 1. The molecule has 2 rings (SSSR count). The number of likely N-dealkylation sites (N-methyl/N-ethyl adjacent to an activating group) is 1. The Hall–Kier alpha value is -2.44. The van der Waals surface area contributed by atoms with Crippen molar-refractivity contribution in [2.75, 3.05) is 39.7 Å². The number of para-hydroxylation sites is 1. The number of anilines is 1. The molecular weight excluding hydrogens is 368 g/mol. The van der Waals surface area contributed by atoms with Gasteiger partial charge < -0.3 is 19.5 Å². The lowest BCUT2D eigenvalue weighted by Crippen LogP contribution is -2.41. The van der Waals surface area contributed by atoms with Crippen LogP contribution in [0.1, 0.15) is 6.92 Å². The van der Waals surface area contributed by atoms with Crippen molar-refractivity contribution in [2.24, 2.45) is 0 Å². The van der Waals surface area contributed by atoms with Gasteiger partial charge in [0, 0.05) is 30.4 Å². The topological polar surface area (TPSA) is 60.0 Å². The van der Waals surface area contributed by atoms with Crippen molar-refractivity contribution in [3.05, 3.63) is 47.5 Å². The van der Waals surface area contributed by atoms with Crippen molar-refractivity contribution >= 4 is 23.2 Å². The molecule has 2 aromatic carbocycles. The minimum absolute atomic E-state index is 0.134. The molecule has 146 valence electrons. The van der Waals surface area contributed by atoms with Crippen molar-refractivity contribution in [2.45, 2.75) is 13.0 Å². The Morgan fingerprint density at radius 1 is 1.15 bits per heavy atom. The average Bonchev–Trinajstić information content (AvgIpc) is 2.68. The number of ether oxygens (including phenoxy) is 3. The fourth-order valence-electron chi connectivity index (χ4n) is 2.38. The first-order chi connectivity index (χ1) is 12.9. The number of nitrogens with zero attached hydrogens (tertiary/aromatic N) is 1. The second kappa shape index (κ2) is 10.0. The Morgan fingerprint density at radius 2 is 1.78 bits per heavy atom. The van der Waals surface area contributed by atoms with Gasteiger partial charge in [0.25, 0.3) is 0 Å². The summed E-state index contributed by atoms with van der Waals surface area (Å²) in [5, 5.41) is 3.45. The van der Waals surface area contributed by atoms with Gasteiger partial charge in [-0.2, -0.15) is 0 Å². The van der Waals surface area contributed by atoms with E-state index >= 15 is 0 Å². The average molecular weight is 393 g/mol. The zero-order chi connectivity index (χ0) is 19.8. The monoisotopic (exact) mass is 392 g/mol. The zero-order valence-electron chi connectivity index (χ0n) is 16.0. The molecule has 0 fully saturated rings. The summed E-state index contributed by atoms with van der Waals surface area (Å²) in [6.45, 7) is 2.83. The molecule has 0 aliphatic carbocycles. The van der Waals surface area contributed by atoms with E-state index in [1.807, 2.05) is 37.1 Å². The maximum absolute atomic E-state index is 12.5. The lowest BCUT2D eigenvalue weighted by Gasteiger charge is -2.24.